The maximum Gasteiger partial charge on any atom is 0.203 e. The number of hydrogen-bond acceptors (Lipinski definition) is 4. The Labute approximate surface area is 115 Å². The van der Waals surface area contributed by atoms with Gasteiger partial charge in [0.05, 0.1) is 21.3 Å². The van der Waals surface area contributed by atoms with Crippen molar-refractivity contribution in [2.45, 2.75) is 26.3 Å². The first-order valence-corrected chi connectivity index (χ1v) is 6.72. The summed E-state index contributed by atoms with van der Waals surface area (Å²) in [6.45, 7) is 5.33. The lowest BCUT2D eigenvalue weighted by molar-refractivity contribution is 0.322. The van der Waals surface area contributed by atoms with E-state index in [0.717, 1.165) is 24.5 Å². The summed E-state index contributed by atoms with van der Waals surface area (Å²) in [6.07, 6.45) is 0.997. The third-order valence-corrected chi connectivity index (χ3v) is 3.82. The zero-order valence-corrected chi connectivity index (χ0v) is 12.4. The minimum atomic E-state index is 0.355. The number of ether oxygens (including phenoxy) is 3. The number of hydrogen-bond donors (Lipinski definition) is 1. The maximum atomic E-state index is 5.56. The van der Waals surface area contributed by atoms with Crippen LogP contribution in [0.2, 0.25) is 0 Å². The van der Waals surface area contributed by atoms with Crippen LogP contribution in [0, 0.1) is 5.92 Å². The average molecular weight is 265 g/mol. The summed E-state index contributed by atoms with van der Waals surface area (Å²) >= 11 is 0. The summed E-state index contributed by atoms with van der Waals surface area (Å²) < 4.78 is 16.4. The highest BCUT2D eigenvalue weighted by Crippen LogP contribution is 2.49. The molecule has 19 heavy (non-hydrogen) atoms. The van der Waals surface area contributed by atoms with Crippen LogP contribution in [0.1, 0.15) is 31.0 Å². The zero-order valence-electron chi connectivity index (χ0n) is 12.4. The molecule has 1 aliphatic carbocycles. The monoisotopic (exact) mass is 265 g/mol. The second kappa shape index (κ2) is 5.70. The number of fused-ring (bicyclic) bond motifs is 1. The van der Waals surface area contributed by atoms with Gasteiger partial charge < -0.3 is 19.5 Å². The summed E-state index contributed by atoms with van der Waals surface area (Å²) in [5.74, 6) is 2.77. The van der Waals surface area contributed by atoms with Gasteiger partial charge in [0.2, 0.25) is 5.75 Å². The smallest absolute Gasteiger partial charge is 0.203 e. The minimum absolute atomic E-state index is 0.355. The third kappa shape index (κ3) is 2.25. The molecule has 0 fully saturated rings. The Kier molecular flexibility index (Phi) is 4.20. The van der Waals surface area contributed by atoms with E-state index >= 15 is 0 Å². The molecule has 0 heterocycles. The van der Waals surface area contributed by atoms with Crippen molar-refractivity contribution >= 4 is 0 Å². The van der Waals surface area contributed by atoms with E-state index in [0.29, 0.717) is 17.7 Å². The fourth-order valence-electron chi connectivity index (χ4n) is 3.00. The van der Waals surface area contributed by atoms with Crippen LogP contribution < -0.4 is 19.5 Å². The lowest BCUT2D eigenvalue weighted by Crippen LogP contribution is -2.23. The van der Waals surface area contributed by atoms with E-state index in [1.807, 2.05) is 0 Å². The van der Waals surface area contributed by atoms with Crippen molar-refractivity contribution in [1.29, 1.82) is 0 Å². The SMILES string of the molecule is CCNC1c2cc(OC)c(OC)c(OC)c2CC1C. The Morgan fingerprint density at radius 3 is 2.37 bits per heavy atom. The van der Waals surface area contributed by atoms with E-state index in [2.05, 4.69) is 25.2 Å². The Balaban J connectivity index is 2.57. The normalized spacial score (nSPS) is 21.1. The highest BCUT2D eigenvalue weighted by atomic mass is 16.5. The van der Waals surface area contributed by atoms with Gasteiger partial charge in [-0.15, -0.1) is 0 Å². The molecule has 2 rings (SSSR count). The zero-order chi connectivity index (χ0) is 14.0. The molecule has 4 nitrogen and oxygen atoms in total. The topological polar surface area (TPSA) is 39.7 Å². The quantitative estimate of drug-likeness (QED) is 0.888. The number of methoxy groups -OCH3 is 3. The number of rotatable bonds is 5. The number of nitrogens with one attached hydrogen (secondary N) is 1. The predicted octanol–water partition coefficient (Wildman–Crippen LogP) is 2.56. The Morgan fingerprint density at radius 1 is 1.16 bits per heavy atom. The second-order valence-electron chi connectivity index (χ2n) is 4.93. The maximum absolute atomic E-state index is 5.56. The van der Waals surface area contributed by atoms with Crippen LogP contribution in [0.15, 0.2) is 6.07 Å². The molecule has 4 heteroatoms. The summed E-state index contributed by atoms with van der Waals surface area (Å²) in [7, 11) is 4.99. The molecule has 0 aromatic heterocycles. The van der Waals surface area contributed by atoms with Crippen LogP contribution in [-0.4, -0.2) is 27.9 Å². The van der Waals surface area contributed by atoms with Crippen LogP contribution in [0.25, 0.3) is 0 Å². The van der Waals surface area contributed by atoms with Gasteiger partial charge in [-0.3, -0.25) is 0 Å². The summed E-state index contributed by atoms with van der Waals surface area (Å²) in [4.78, 5) is 0. The predicted molar refractivity (Wildman–Crippen MR) is 75.4 cm³/mol. The molecular formula is C15H23NO3. The molecule has 0 radical (unpaired) electrons. The Hall–Kier alpha value is -1.42. The van der Waals surface area contributed by atoms with Gasteiger partial charge >= 0.3 is 0 Å². The average Bonchev–Trinajstić information content (AvgIpc) is 2.73. The molecule has 0 saturated carbocycles. The van der Waals surface area contributed by atoms with Gasteiger partial charge in [-0.2, -0.15) is 0 Å². The molecule has 1 aromatic carbocycles. The number of benzene rings is 1. The van der Waals surface area contributed by atoms with Crippen molar-refractivity contribution in [2.24, 2.45) is 5.92 Å². The van der Waals surface area contributed by atoms with Gasteiger partial charge in [0.25, 0.3) is 0 Å². The third-order valence-electron chi connectivity index (χ3n) is 3.82. The van der Waals surface area contributed by atoms with Crippen molar-refractivity contribution < 1.29 is 14.2 Å². The summed E-state index contributed by atoms with van der Waals surface area (Å²) in [6, 6.07) is 2.43. The Morgan fingerprint density at radius 2 is 1.84 bits per heavy atom. The molecule has 0 bridgehead atoms. The molecule has 0 aliphatic heterocycles. The fourth-order valence-corrected chi connectivity index (χ4v) is 3.00. The van der Waals surface area contributed by atoms with Crippen molar-refractivity contribution in [3.63, 3.8) is 0 Å². The van der Waals surface area contributed by atoms with Crippen LogP contribution in [-0.2, 0) is 6.42 Å². The molecule has 106 valence electrons. The van der Waals surface area contributed by atoms with E-state index in [9.17, 15) is 0 Å². The second-order valence-corrected chi connectivity index (χ2v) is 4.93. The van der Waals surface area contributed by atoms with Gasteiger partial charge in [0.15, 0.2) is 11.5 Å². The van der Waals surface area contributed by atoms with Gasteiger partial charge in [0, 0.05) is 11.6 Å². The largest absolute Gasteiger partial charge is 0.493 e. The lowest BCUT2D eigenvalue weighted by Gasteiger charge is -2.19. The summed E-state index contributed by atoms with van der Waals surface area (Å²) in [5, 5.41) is 3.54. The van der Waals surface area contributed by atoms with Gasteiger partial charge in [-0.05, 0) is 30.5 Å². The fraction of sp³-hybridized carbons (Fsp3) is 0.600. The molecule has 0 saturated heterocycles. The van der Waals surface area contributed by atoms with Gasteiger partial charge in [0.1, 0.15) is 0 Å². The van der Waals surface area contributed by atoms with Crippen LogP contribution in [0.5, 0.6) is 17.2 Å². The van der Waals surface area contributed by atoms with Crippen molar-refractivity contribution in [3.05, 3.63) is 17.2 Å². The van der Waals surface area contributed by atoms with Crippen molar-refractivity contribution in [1.82, 2.24) is 5.32 Å². The lowest BCUT2D eigenvalue weighted by atomic mass is 10.0. The van der Waals surface area contributed by atoms with E-state index in [1.165, 1.54) is 11.1 Å². The van der Waals surface area contributed by atoms with Crippen LogP contribution in [0.4, 0.5) is 0 Å². The van der Waals surface area contributed by atoms with Crippen LogP contribution >= 0.6 is 0 Å². The minimum Gasteiger partial charge on any atom is -0.493 e. The first kappa shape index (κ1) is 14.0. The Bertz CT molecular complexity index is 459. The van der Waals surface area contributed by atoms with E-state index in [4.69, 9.17) is 14.2 Å². The molecular weight excluding hydrogens is 242 g/mol. The van der Waals surface area contributed by atoms with Gasteiger partial charge in [-0.25, -0.2) is 0 Å². The molecule has 2 unspecified atom stereocenters. The van der Waals surface area contributed by atoms with Crippen LogP contribution in [0.3, 0.4) is 0 Å². The van der Waals surface area contributed by atoms with Crippen molar-refractivity contribution in [2.75, 3.05) is 27.9 Å². The molecule has 0 amide bonds. The van der Waals surface area contributed by atoms with E-state index in [-0.39, 0.29) is 0 Å². The van der Waals surface area contributed by atoms with E-state index < -0.39 is 0 Å². The van der Waals surface area contributed by atoms with E-state index in [1.54, 1.807) is 21.3 Å². The molecule has 0 spiro atoms. The molecule has 1 aliphatic rings. The summed E-state index contributed by atoms with van der Waals surface area (Å²) in [5.41, 5.74) is 2.50. The van der Waals surface area contributed by atoms with Gasteiger partial charge in [-0.1, -0.05) is 13.8 Å². The highest BCUT2D eigenvalue weighted by molar-refractivity contribution is 5.61. The molecule has 2 atom stereocenters. The van der Waals surface area contributed by atoms with Crippen molar-refractivity contribution in [3.8, 4) is 17.2 Å². The highest BCUT2D eigenvalue weighted by Gasteiger charge is 2.34. The molecule has 1 aromatic rings. The standard InChI is InChI=1S/C15H23NO3/c1-6-16-13-9(2)7-11-10(13)8-12(17-3)15(19-5)14(11)18-4/h8-9,13,16H,6-7H2,1-5H3. The first-order chi connectivity index (χ1) is 9.17. The molecule has 1 N–H and O–H groups in total. The first-order valence-electron chi connectivity index (χ1n) is 6.72.